The predicted octanol–water partition coefficient (Wildman–Crippen LogP) is 6.10. The topological polar surface area (TPSA) is 32.3 Å². The average molecular weight is 442 g/mol. The van der Waals surface area contributed by atoms with Crippen molar-refractivity contribution in [3.8, 4) is 0 Å². The van der Waals surface area contributed by atoms with Gasteiger partial charge in [0.2, 0.25) is 0 Å². The quantitative estimate of drug-likeness (QED) is 0.516. The molecule has 1 heterocycles. The summed E-state index contributed by atoms with van der Waals surface area (Å²) in [4.78, 5) is 14.8. The van der Waals surface area contributed by atoms with Crippen LogP contribution in [0, 0.1) is 11.8 Å². The molecule has 4 heteroatoms. The van der Waals surface area contributed by atoms with Crippen molar-refractivity contribution in [1.82, 2.24) is 10.2 Å². The van der Waals surface area contributed by atoms with E-state index in [1.54, 1.807) is 0 Å². The Bertz CT molecular complexity index is 783. The zero-order valence-electron chi connectivity index (χ0n) is 18.0. The van der Waals surface area contributed by atoms with Gasteiger partial charge in [-0.2, -0.15) is 0 Å². The van der Waals surface area contributed by atoms with Crippen LogP contribution in [-0.2, 0) is 0 Å². The standard InChI is InChI=1S/C24H35AsN2O/c1-17(2)13-25(14-18(3)4)21-15-27(16-21)24(28)26-19(5)22-12-8-10-20-9-6-7-11-23(20)22/h6-12,17-19,21H,13-16H2,1-5H3,(H,26,28). The van der Waals surface area contributed by atoms with E-state index in [0.29, 0.717) is 0 Å². The Morgan fingerprint density at radius 3 is 2.25 bits per heavy atom. The molecule has 0 aromatic heterocycles. The van der Waals surface area contributed by atoms with Crippen molar-refractivity contribution in [2.24, 2.45) is 11.8 Å². The molecular formula is C24H35AsN2O. The molecule has 1 unspecified atom stereocenters. The number of carbonyl (C=O) groups excluding carboxylic acids is 1. The number of urea groups is 1. The van der Waals surface area contributed by atoms with Gasteiger partial charge in [0.05, 0.1) is 0 Å². The molecule has 1 aliphatic heterocycles. The molecule has 3 rings (SSSR count). The Labute approximate surface area is 175 Å². The van der Waals surface area contributed by atoms with Crippen LogP contribution in [0.5, 0.6) is 0 Å². The van der Waals surface area contributed by atoms with Gasteiger partial charge in [0.25, 0.3) is 0 Å². The van der Waals surface area contributed by atoms with Crippen molar-refractivity contribution in [3.63, 3.8) is 0 Å². The maximum atomic E-state index is 12.8. The third kappa shape index (κ3) is 5.11. The second-order valence-corrected chi connectivity index (χ2v) is 14.6. The first kappa shape index (κ1) is 21.2. The SMILES string of the molecule is CC(C)C[As](CC(C)C)C1CN(C(=O)NC(C)c2cccc3ccccc23)C1. The molecule has 2 aromatic carbocycles. The van der Waals surface area contributed by atoms with Crippen molar-refractivity contribution in [2.45, 2.75) is 55.8 Å². The van der Waals surface area contributed by atoms with Gasteiger partial charge in [0.15, 0.2) is 0 Å². The Morgan fingerprint density at radius 1 is 1.00 bits per heavy atom. The fourth-order valence-corrected chi connectivity index (χ4v) is 11.4. The molecule has 3 nitrogen and oxygen atoms in total. The number of nitrogens with zero attached hydrogens (tertiary/aromatic N) is 1. The third-order valence-corrected chi connectivity index (χ3v) is 13.4. The molecule has 0 aliphatic carbocycles. The Morgan fingerprint density at radius 2 is 1.61 bits per heavy atom. The molecular weight excluding hydrogens is 407 g/mol. The third-order valence-electron chi connectivity index (χ3n) is 5.50. The van der Waals surface area contributed by atoms with Gasteiger partial charge in [-0.1, -0.05) is 0 Å². The first-order chi connectivity index (χ1) is 13.3. The predicted molar refractivity (Wildman–Crippen MR) is 121 cm³/mol. The van der Waals surface area contributed by atoms with Crippen LogP contribution in [0.25, 0.3) is 10.8 Å². The van der Waals surface area contributed by atoms with Gasteiger partial charge in [-0.3, -0.25) is 0 Å². The molecule has 0 saturated carbocycles. The van der Waals surface area contributed by atoms with Crippen molar-refractivity contribution in [3.05, 3.63) is 48.0 Å². The minimum atomic E-state index is -0.863. The summed E-state index contributed by atoms with van der Waals surface area (Å²) < 4.78 is 0.802. The second-order valence-electron chi connectivity index (χ2n) is 9.04. The Hall–Kier alpha value is -1.47. The molecule has 1 saturated heterocycles. The van der Waals surface area contributed by atoms with E-state index in [2.05, 4.69) is 82.4 Å². The Kier molecular flexibility index (Phi) is 7.09. The van der Waals surface area contributed by atoms with Gasteiger partial charge in [0, 0.05) is 0 Å². The molecule has 152 valence electrons. The van der Waals surface area contributed by atoms with Crippen LogP contribution in [0.4, 0.5) is 4.79 Å². The van der Waals surface area contributed by atoms with Crippen LogP contribution < -0.4 is 5.32 Å². The summed E-state index contributed by atoms with van der Waals surface area (Å²) in [5.74, 6) is 1.57. The summed E-state index contributed by atoms with van der Waals surface area (Å²) >= 11 is -0.863. The first-order valence-corrected chi connectivity index (χ1v) is 14.4. The van der Waals surface area contributed by atoms with Crippen LogP contribution in [0.2, 0.25) is 15.1 Å². The van der Waals surface area contributed by atoms with Gasteiger partial charge in [-0.05, 0) is 0 Å². The molecule has 1 fully saturated rings. The van der Waals surface area contributed by atoms with Crippen LogP contribution in [0.15, 0.2) is 42.5 Å². The van der Waals surface area contributed by atoms with Crippen LogP contribution in [0.1, 0.15) is 46.2 Å². The molecule has 1 N–H and O–H groups in total. The summed E-state index contributed by atoms with van der Waals surface area (Å²) in [6.07, 6.45) is 0. The van der Waals surface area contributed by atoms with E-state index in [9.17, 15) is 4.79 Å². The summed E-state index contributed by atoms with van der Waals surface area (Å²) in [6.45, 7) is 13.4. The van der Waals surface area contributed by atoms with Gasteiger partial charge < -0.3 is 0 Å². The molecule has 0 radical (unpaired) electrons. The van der Waals surface area contributed by atoms with E-state index in [-0.39, 0.29) is 12.1 Å². The van der Waals surface area contributed by atoms with Crippen molar-refractivity contribution in [2.75, 3.05) is 13.1 Å². The molecule has 0 bridgehead atoms. The zero-order valence-corrected chi connectivity index (χ0v) is 19.9. The van der Waals surface area contributed by atoms with E-state index < -0.39 is 14.7 Å². The molecule has 1 aliphatic rings. The summed E-state index contributed by atoms with van der Waals surface area (Å²) in [5.41, 5.74) is 1.19. The molecule has 28 heavy (non-hydrogen) atoms. The van der Waals surface area contributed by atoms with Crippen LogP contribution >= 0.6 is 0 Å². The zero-order chi connectivity index (χ0) is 20.3. The van der Waals surface area contributed by atoms with Gasteiger partial charge in [-0.25, -0.2) is 0 Å². The van der Waals surface area contributed by atoms with E-state index in [1.807, 2.05) is 4.90 Å². The number of carbonyl (C=O) groups is 1. The average Bonchev–Trinajstić information content (AvgIpc) is 2.58. The van der Waals surface area contributed by atoms with Gasteiger partial charge in [0.1, 0.15) is 0 Å². The fourth-order valence-electron chi connectivity index (χ4n) is 4.15. The number of hydrogen-bond acceptors (Lipinski definition) is 1. The molecule has 2 aromatic rings. The number of nitrogens with one attached hydrogen (secondary N) is 1. The first-order valence-electron chi connectivity index (χ1n) is 10.6. The number of fused-ring (bicyclic) bond motifs is 1. The van der Waals surface area contributed by atoms with Gasteiger partial charge >= 0.3 is 175 Å². The fraction of sp³-hybridized carbons (Fsp3) is 0.542. The maximum absolute atomic E-state index is 12.8. The monoisotopic (exact) mass is 442 g/mol. The number of benzene rings is 2. The van der Waals surface area contributed by atoms with E-state index in [4.69, 9.17) is 0 Å². The van der Waals surface area contributed by atoms with Crippen molar-refractivity contribution in [1.29, 1.82) is 0 Å². The second kappa shape index (κ2) is 9.35. The van der Waals surface area contributed by atoms with Gasteiger partial charge in [-0.15, -0.1) is 0 Å². The number of hydrogen-bond donors (Lipinski definition) is 1. The molecule has 0 spiro atoms. The Balaban J connectivity index is 1.58. The molecule has 2 amide bonds. The number of amides is 2. The van der Waals surface area contributed by atoms with E-state index in [0.717, 1.165) is 29.6 Å². The molecule has 1 atom stereocenters. The summed E-state index contributed by atoms with van der Waals surface area (Å²) in [7, 11) is 0. The van der Waals surface area contributed by atoms with Crippen LogP contribution in [-0.4, -0.2) is 38.7 Å². The normalized spacial score (nSPS) is 16.1. The number of likely N-dealkylation sites (tertiary alicyclic amines) is 1. The minimum absolute atomic E-state index is 0.0117. The van der Waals surface area contributed by atoms with Crippen molar-refractivity contribution < 1.29 is 4.79 Å². The van der Waals surface area contributed by atoms with Crippen LogP contribution in [0.3, 0.4) is 0 Å². The van der Waals surface area contributed by atoms with E-state index >= 15 is 0 Å². The van der Waals surface area contributed by atoms with Crippen molar-refractivity contribution >= 4 is 31.5 Å². The summed E-state index contributed by atoms with van der Waals surface area (Å²) in [6, 6.07) is 14.8. The number of rotatable bonds is 7. The van der Waals surface area contributed by atoms with E-state index in [1.165, 1.54) is 26.8 Å². The summed E-state index contributed by atoms with van der Waals surface area (Å²) in [5, 5.41) is 8.51.